The quantitative estimate of drug-likeness (QED) is 0.870. The highest BCUT2D eigenvalue weighted by atomic mass is 35.5. The largest absolute Gasteiger partial charge is 0.398 e. The van der Waals surface area contributed by atoms with Crippen molar-refractivity contribution in [2.75, 3.05) is 18.8 Å². The van der Waals surface area contributed by atoms with Crippen LogP contribution >= 0.6 is 11.6 Å². The van der Waals surface area contributed by atoms with Crippen molar-refractivity contribution in [1.82, 2.24) is 4.31 Å². The van der Waals surface area contributed by atoms with Crippen LogP contribution in [0.2, 0.25) is 5.02 Å². The second-order valence-electron chi connectivity index (χ2n) is 4.99. The fourth-order valence-corrected chi connectivity index (χ4v) is 4.28. The van der Waals surface area contributed by atoms with E-state index in [4.69, 9.17) is 17.3 Å². The average molecular weight is 303 g/mol. The molecular formula is C13H19ClN2O2S. The summed E-state index contributed by atoms with van der Waals surface area (Å²) in [7, 11) is -3.44. The molecule has 0 aliphatic carbocycles. The molecule has 1 aromatic carbocycles. The molecule has 0 radical (unpaired) electrons. The van der Waals surface area contributed by atoms with Crippen LogP contribution in [0, 0.1) is 5.92 Å². The fourth-order valence-electron chi connectivity index (χ4n) is 2.48. The topological polar surface area (TPSA) is 63.4 Å². The number of nitrogen functional groups attached to an aromatic ring is 1. The number of hydrogen-bond acceptors (Lipinski definition) is 3. The smallest absolute Gasteiger partial charge is 0.243 e. The van der Waals surface area contributed by atoms with Gasteiger partial charge in [-0.15, -0.1) is 0 Å². The Kier molecular flexibility index (Phi) is 4.38. The summed E-state index contributed by atoms with van der Waals surface area (Å²) in [5.74, 6) is 0.476. The number of hydrogen-bond donors (Lipinski definition) is 1. The molecule has 2 N–H and O–H groups in total. The predicted octanol–water partition coefficient (Wildman–Crippen LogP) is 2.73. The lowest BCUT2D eigenvalue weighted by atomic mass is 10.0. The van der Waals surface area contributed by atoms with Gasteiger partial charge >= 0.3 is 0 Å². The van der Waals surface area contributed by atoms with Crippen molar-refractivity contribution in [3.8, 4) is 0 Å². The van der Waals surface area contributed by atoms with E-state index in [1.54, 1.807) is 4.31 Å². The molecule has 1 aliphatic rings. The van der Waals surface area contributed by atoms with Crippen molar-refractivity contribution >= 4 is 27.3 Å². The van der Waals surface area contributed by atoms with Crippen molar-refractivity contribution < 1.29 is 8.42 Å². The normalized spacial score (nSPS) is 20.8. The first-order valence-electron chi connectivity index (χ1n) is 6.50. The molecule has 2 rings (SSSR count). The van der Waals surface area contributed by atoms with E-state index >= 15 is 0 Å². The molecule has 1 fully saturated rings. The molecule has 106 valence electrons. The monoisotopic (exact) mass is 302 g/mol. The van der Waals surface area contributed by atoms with Gasteiger partial charge in [0.25, 0.3) is 0 Å². The summed E-state index contributed by atoms with van der Waals surface area (Å²) < 4.78 is 26.5. The lowest BCUT2D eigenvalue weighted by molar-refractivity contribution is 0.444. The lowest BCUT2D eigenvalue weighted by Crippen LogP contribution is -2.28. The molecule has 4 nitrogen and oxygen atoms in total. The second kappa shape index (κ2) is 5.69. The van der Waals surface area contributed by atoms with Gasteiger partial charge in [-0.25, -0.2) is 8.42 Å². The summed E-state index contributed by atoms with van der Waals surface area (Å²) in [6.45, 7) is 3.32. The highest BCUT2D eigenvalue weighted by Gasteiger charge is 2.32. The number of rotatable bonds is 4. The van der Waals surface area contributed by atoms with Crippen LogP contribution in [0.3, 0.4) is 0 Å². The van der Waals surface area contributed by atoms with Crippen molar-refractivity contribution in [2.45, 2.75) is 31.1 Å². The fraction of sp³-hybridized carbons (Fsp3) is 0.538. The van der Waals surface area contributed by atoms with Crippen LogP contribution in [0.25, 0.3) is 0 Å². The third-order valence-corrected chi connectivity index (χ3v) is 5.74. The van der Waals surface area contributed by atoms with Crippen LogP contribution in [0.1, 0.15) is 26.2 Å². The molecule has 1 heterocycles. The molecule has 1 saturated heterocycles. The maximum atomic E-state index is 12.5. The highest BCUT2D eigenvalue weighted by molar-refractivity contribution is 7.89. The molecule has 1 atom stereocenters. The van der Waals surface area contributed by atoms with Crippen LogP contribution < -0.4 is 5.73 Å². The first-order valence-corrected chi connectivity index (χ1v) is 8.32. The van der Waals surface area contributed by atoms with Crippen LogP contribution in [-0.4, -0.2) is 25.8 Å². The number of anilines is 1. The Morgan fingerprint density at radius 2 is 2.21 bits per heavy atom. The van der Waals surface area contributed by atoms with E-state index in [-0.39, 0.29) is 9.92 Å². The zero-order valence-corrected chi connectivity index (χ0v) is 12.5. The van der Waals surface area contributed by atoms with Gasteiger partial charge in [0.05, 0.1) is 15.6 Å². The zero-order valence-electron chi connectivity index (χ0n) is 11.0. The SMILES string of the molecule is CCCC1CCN(S(=O)(=O)c2ccc(N)c(Cl)c2)C1. The number of benzene rings is 1. The number of sulfonamides is 1. The number of halogens is 1. The van der Waals surface area contributed by atoms with Gasteiger partial charge in [-0.2, -0.15) is 4.31 Å². The molecule has 0 spiro atoms. The Hall–Kier alpha value is -0.780. The second-order valence-corrected chi connectivity index (χ2v) is 7.33. The molecule has 0 aromatic heterocycles. The van der Waals surface area contributed by atoms with Crippen LogP contribution in [0.15, 0.2) is 23.1 Å². The molecule has 6 heteroatoms. The first-order chi connectivity index (χ1) is 8.95. The van der Waals surface area contributed by atoms with Crippen LogP contribution in [-0.2, 0) is 10.0 Å². The maximum Gasteiger partial charge on any atom is 0.243 e. The lowest BCUT2D eigenvalue weighted by Gasteiger charge is -2.17. The Morgan fingerprint density at radius 3 is 2.84 bits per heavy atom. The summed E-state index contributed by atoms with van der Waals surface area (Å²) >= 11 is 5.90. The average Bonchev–Trinajstić information content (AvgIpc) is 2.82. The van der Waals surface area contributed by atoms with Crippen LogP contribution in [0.4, 0.5) is 5.69 Å². The molecule has 1 aliphatic heterocycles. The van der Waals surface area contributed by atoms with Gasteiger partial charge in [-0.1, -0.05) is 24.9 Å². The van der Waals surface area contributed by atoms with Gasteiger partial charge in [0.1, 0.15) is 0 Å². The maximum absolute atomic E-state index is 12.5. The van der Waals surface area contributed by atoms with Gasteiger partial charge in [-0.05, 0) is 37.0 Å². The highest BCUT2D eigenvalue weighted by Crippen LogP contribution is 2.29. The van der Waals surface area contributed by atoms with E-state index in [0.717, 1.165) is 19.3 Å². The Bertz CT molecular complexity index is 560. The summed E-state index contributed by atoms with van der Waals surface area (Å²) in [5, 5.41) is 0.283. The minimum absolute atomic E-state index is 0.226. The van der Waals surface area contributed by atoms with Gasteiger partial charge in [0.15, 0.2) is 0 Å². The molecule has 0 amide bonds. The van der Waals surface area contributed by atoms with Crippen molar-refractivity contribution in [3.05, 3.63) is 23.2 Å². The Morgan fingerprint density at radius 1 is 1.47 bits per heavy atom. The Balaban J connectivity index is 2.21. The Labute approximate surface area is 119 Å². The van der Waals surface area contributed by atoms with Gasteiger partial charge < -0.3 is 5.73 Å². The summed E-state index contributed by atoms with van der Waals surface area (Å²) in [4.78, 5) is 0.226. The van der Waals surface area contributed by atoms with E-state index in [9.17, 15) is 8.42 Å². The van der Waals surface area contributed by atoms with E-state index in [1.165, 1.54) is 18.2 Å². The summed E-state index contributed by atoms with van der Waals surface area (Å²) in [6.07, 6.45) is 3.11. The standard InChI is InChI=1S/C13H19ClN2O2S/c1-2-3-10-6-7-16(9-10)19(17,18)11-4-5-13(15)12(14)8-11/h4-5,8,10H,2-3,6-7,9,15H2,1H3. The number of nitrogens with two attached hydrogens (primary N) is 1. The third kappa shape index (κ3) is 3.04. The molecule has 0 saturated carbocycles. The predicted molar refractivity (Wildman–Crippen MR) is 77.6 cm³/mol. The molecule has 1 aromatic rings. The van der Waals surface area contributed by atoms with E-state index in [1.807, 2.05) is 0 Å². The molecule has 19 heavy (non-hydrogen) atoms. The minimum Gasteiger partial charge on any atom is -0.398 e. The van der Waals surface area contributed by atoms with Gasteiger partial charge in [0, 0.05) is 13.1 Å². The third-order valence-electron chi connectivity index (χ3n) is 3.56. The van der Waals surface area contributed by atoms with E-state index in [0.29, 0.717) is 24.7 Å². The van der Waals surface area contributed by atoms with Gasteiger partial charge in [-0.3, -0.25) is 0 Å². The molecular weight excluding hydrogens is 284 g/mol. The van der Waals surface area contributed by atoms with Crippen molar-refractivity contribution in [3.63, 3.8) is 0 Å². The number of nitrogens with zero attached hydrogens (tertiary/aromatic N) is 1. The molecule has 0 bridgehead atoms. The van der Waals surface area contributed by atoms with Crippen molar-refractivity contribution in [1.29, 1.82) is 0 Å². The minimum atomic E-state index is -3.44. The van der Waals surface area contributed by atoms with E-state index in [2.05, 4.69) is 6.92 Å². The summed E-state index contributed by atoms with van der Waals surface area (Å²) in [5.41, 5.74) is 6.00. The first kappa shape index (κ1) is 14.6. The zero-order chi connectivity index (χ0) is 14.0. The van der Waals surface area contributed by atoms with Crippen LogP contribution in [0.5, 0.6) is 0 Å². The van der Waals surface area contributed by atoms with Crippen molar-refractivity contribution in [2.24, 2.45) is 5.92 Å². The molecule has 1 unspecified atom stereocenters. The van der Waals surface area contributed by atoms with Gasteiger partial charge in [0.2, 0.25) is 10.0 Å². The van der Waals surface area contributed by atoms with E-state index < -0.39 is 10.0 Å². The summed E-state index contributed by atoms with van der Waals surface area (Å²) in [6, 6.07) is 4.48.